The Hall–Kier alpha value is -1.77. The van der Waals surface area contributed by atoms with E-state index in [0.717, 1.165) is 54.1 Å². The van der Waals surface area contributed by atoms with Crippen LogP contribution >= 0.6 is 0 Å². The number of alkyl halides is 3. The number of sulfonamides is 1. The molecule has 0 radical (unpaired) electrons. The maximum absolute atomic E-state index is 12.6. The maximum atomic E-state index is 12.6. The summed E-state index contributed by atoms with van der Waals surface area (Å²) in [7, 11) is -3.81. The molecule has 0 aliphatic rings. The molecule has 0 heterocycles. The summed E-state index contributed by atoms with van der Waals surface area (Å²) in [6.45, 7) is 1.96. The summed E-state index contributed by atoms with van der Waals surface area (Å²) in [5, 5.41) is 2.60. The van der Waals surface area contributed by atoms with E-state index in [1.165, 1.54) is 0 Å². The molecule has 0 aromatic heterocycles. The molecule has 0 aliphatic carbocycles. The summed E-state index contributed by atoms with van der Waals surface area (Å²) in [6.07, 6.45) is -0.909. The highest BCUT2D eigenvalue weighted by Crippen LogP contribution is 2.30. The average Bonchev–Trinajstić information content (AvgIpc) is 2.47. The molecule has 5 nitrogen and oxygen atoms in total. The Labute approximate surface area is 139 Å². The molecular weight excluding hydrogens is 345 g/mol. The average molecular weight is 366 g/mol. The zero-order valence-electron chi connectivity index (χ0n) is 13.6. The molecule has 1 aromatic rings. The molecule has 9 heteroatoms. The zero-order valence-corrected chi connectivity index (χ0v) is 14.4. The van der Waals surface area contributed by atoms with Crippen molar-refractivity contribution in [2.24, 2.45) is 0 Å². The lowest BCUT2D eigenvalue weighted by atomic mass is 10.2. The van der Waals surface area contributed by atoms with E-state index >= 15 is 0 Å². The molecule has 0 atom stereocenters. The topological polar surface area (TPSA) is 66.5 Å². The lowest BCUT2D eigenvalue weighted by molar-refractivity contribution is -0.137. The van der Waals surface area contributed by atoms with Crippen LogP contribution in [0.5, 0.6) is 0 Å². The second kappa shape index (κ2) is 8.36. The Morgan fingerprint density at radius 3 is 2.21 bits per heavy atom. The van der Waals surface area contributed by atoms with Gasteiger partial charge in [-0.3, -0.25) is 9.10 Å². The van der Waals surface area contributed by atoms with Crippen molar-refractivity contribution in [3.63, 3.8) is 0 Å². The summed E-state index contributed by atoms with van der Waals surface area (Å²) in [5.41, 5.74) is -0.877. The van der Waals surface area contributed by atoms with Crippen molar-refractivity contribution in [1.29, 1.82) is 0 Å². The van der Waals surface area contributed by atoms with Crippen molar-refractivity contribution in [2.75, 3.05) is 23.7 Å². The molecular formula is C15H21F3N2O3S. The molecule has 0 fully saturated rings. The predicted octanol–water partition coefficient (Wildman–Crippen LogP) is 2.78. The minimum Gasteiger partial charge on any atom is -0.355 e. The van der Waals surface area contributed by atoms with Crippen molar-refractivity contribution < 1.29 is 26.4 Å². The standard InChI is InChI=1S/C15H21F3N2O3S/c1-3-4-5-10-19-14(21)11-20(24(2,22)23)13-8-6-12(7-9-13)15(16,17)18/h6-9H,3-5,10-11H2,1-2H3,(H,19,21). The highest BCUT2D eigenvalue weighted by atomic mass is 32.2. The monoisotopic (exact) mass is 366 g/mol. The van der Waals surface area contributed by atoms with Crippen molar-refractivity contribution in [3.05, 3.63) is 29.8 Å². The van der Waals surface area contributed by atoms with Gasteiger partial charge in [0.2, 0.25) is 15.9 Å². The smallest absolute Gasteiger partial charge is 0.355 e. The molecule has 0 unspecified atom stereocenters. The zero-order chi connectivity index (χ0) is 18.4. The van der Waals surface area contributed by atoms with Crippen molar-refractivity contribution in [3.8, 4) is 0 Å². The third-order valence-corrected chi connectivity index (χ3v) is 4.41. The van der Waals surface area contributed by atoms with Crippen LogP contribution in [-0.2, 0) is 21.0 Å². The fourth-order valence-electron chi connectivity index (χ4n) is 2.01. The molecule has 24 heavy (non-hydrogen) atoms. The predicted molar refractivity (Wildman–Crippen MR) is 86.2 cm³/mol. The van der Waals surface area contributed by atoms with Crippen LogP contribution in [0.2, 0.25) is 0 Å². The van der Waals surface area contributed by atoms with Gasteiger partial charge in [-0.15, -0.1) is 0 Å². The fraction of sp³-hybridized carbons (Fsp3) is 0.533. The second-order valence-electron chi connectivity index (χ2n) is 5.37. The third kappa shape index (κ3) is 6.38. The summed E-state index contributed by atoms with van der Waals surface area (Å²) >= 11 is 0. The number of benzene rings is 1. The number of unbranched alkanes of at least 4 members (excludes halogenated alkanes) is 2. The van der Waals surface area contributed by atoms with Gasteiger partial charge in [-0.1, -0.05) is 19.8 Å². The van der Waals surface area contributed by atoms with Gasteiger partial charge in [-0.2, -0.15) is 13.2 Å². The van der Waals surface area contributed by atoms with Crippen LogP contribution in [0, 0.1) is 0 Å². The maximum Gasteiger partial charge on any atom is 0.416 e. The summed E-state index contributed by atoms with van der Waals surface area (Å²) < 4.78 is 62.2. The van der Waals surface area contributed by atoms with Gasteiger partial charge in [-0.05, 0) is 30.7 Å². The third-order valence-electron chi connectivity index (χ3n) is 3.27. The quantitative estimate of drug-likeness (QED) is 0.720. The molecule has 0 bridgehead atoms. The second-order valence-corrected chi connectivity index (χ2v) is 7.28. The number of anilines is 1. The number of carbonyl (C=O) groups excluding carboxylic acids is 1. The van der Waals surface area contributed by atoms with Crippen LogP contribution in [0.4, 0.5) is 18.9 Å². The van der Waals surface area contributed by atoms with E-state index in [-0.39, 0.29) is 5.69 Å². The molecule has 0 saturated carbocycles. The van der Waals surface area contributed by atoms with Crippen LogP contribution < -0.4 is 9.62 Å². The van der Waals surface area contributed by atoms with Gasteiger partial charge in [0.25, 0.3) is 0 Å². The fourth-order valence-corrected chi connectivity index (χ4v) is 2.86. The van der Waals surface area contributed by atoms with Gasteiger partial charge >= 0.3 is 6.18 Å². The number of nitrogens with one attached hydrogen (secondary N) is 1. The summed E-state index contributed by atoms with van der Waals surface area (Å²) in [4.78, 5) is 11.9. The van der Waals surface area contributed by atoms with Crippen LogP contribution in [-0.4, -0.2) is 33.7 Å². The molecule has 1 N–H and O–H groups in total. The number of carbonyl (C=O) groups is 1. The van der Waals surface area contributed by atoms with Crippen molar-refractivity contribution in [2.45, 2.75) is 32.4 Å². The van der Waals surface area contributed by atoms with E-state index in [4.69, 9.17) is 0 Å². The highest BCUT2D eigenvalue weighted by molar-refractivity contribution is 7.92. The van der Waals surface area contributed by atoms with Crippen molar-refractivity contribution >= 4 is 21.6 Å². The first kappa shape index (κ1) is 20.3. The minimum absolute atomic E-state index is 0.00853. The number of amides is 1. The molecule has 0 spiro atoms. The molecule has 0 saturated heterocycles. The Bertz CT molecular complexity index is 643. The molecule has 1 rings (SSSR count). The highest BCUT2D eigenvalue weighted by Gasteiger charge is 2.30. The largest absolute Gasteiger partial charge is 0.416 e. The van der Waals surface area contributed by atoms with Gasteiger partial charge in [0.15, 0.2) is 0 Å². The number of nitrogens with zero attached hydrogens (tertiary/aromatic N) is 1. The summed E-state index contributed by atoms with van der Waals surface area (Å²) in [5.74, 6) is -0.503. The number of hydrogen-bond acceptors (Lipinski definition) is 3. The van der Waals surface area contributed by atoms with Gasteiger partial charge in [0.1, 0.15) is 6.54 Å². The lowest BCUT2D eigenvalue weighted by Gasteiger charge is -2.22. The van der Waals surface area contributed by atoms with Crippen LogP contribution in [0.15, 0.2) is 24.3 Å². The number of rotatable bonds is 8. The minimum atomic E-state index is -4.51. The SMILES string of the molecule is CCCCCNC(=O)CN(c1ccc(C(F)(F)F)cc1)S(C)(=O)=O. The van der Waals surface area contributed by atoms with Gasteiger partial charge in [0.05, 0.1) is 17.5 Å². The Kier molecular flexibility index (Phi) is 7.07. The van der Waals surface area contributed by atoms with E-state index in [1.807, 2.05) is 6.92 Å². The van der Waals surface area contributed by atoms with Crippen LogP contribution in [0.3, 0.4) is 0 Å². The van der Waals surface area contributed by atoms with E-state index in [0.29, 0.717) is 6.54 Å². The first-order valence-corrected chi connectivity index (χ1v) is 9.32. The molecule has 1 amide bonds. The van der Waals surface area contributed by atoms with Gasteiger partial charge < -0.3 is 5.32 Å². The molecule has 0 aliphatic heterocycles. The van der Waals surface area contributed by atoms with Gasteiger partial charge in [-0.25, -0.2) is 8.42 Å². The first-order chi connectivity index (χ1) is 11.1. The van der Waals surface area contributed by atoms with E-state index in [9.17, 15) is 26.4 Å². The normalized spacial score (nSPS) is 12.0. The molecule has 136 valence electrons. The Morgan fingerprint density at radius 1 is 1.17 bits per heavy atom. The Morgan fingerprint density at radius 2 is 1.75 bits per heavy atom. The van der Waals surface area contributed by atoms with Crippen LogP contribution in [0.1, 0.15) is 31.7 Å². The summed E-state index contributed by atoms with van der Waals surface area (Å²) in [6, 6.07) is 3.64. The number of hydrogen-bond donors (Lipinski definition) is 1. The number of halogens is 3. The van der Waals surface area contributed by atoms with E-state index in [2.05, 4.69) is 5.32 Å². The Balaban J connectivity index is 2.85. The first-order valence-electron chi connectivity index (χ1n) is 7.47. The molecule has 1 aromatic carbocycles. The van der Waals surface area contributed by atoms with Gasteiger partial charge in [0, 0.05) is 6.54 Å². The van der Waals surface area contributed by atoms with E-state index in [1.54, 1.807) is 0 Å². The van der Waals surface area contributed by atoms with E-state index < -0.39 is 34.2 Å². The van der Waals surface area contributed by atoms with Crippen molar-refractivity contribution in [1.82, 2.24) is 5.32 Å². The lowest BCUT2D eigenvalue weighted by Crippen LogP contribution is -2.40. The van der Waals surface area contributed by atoms with Crippen LogP contribution in [0.25, 0.3) is 0 Å².